The summed E-state index contributed by atoms with van der Waals surface area (Å²) in [5, 5.41) is 9.61. The van der Waals surface area contributed by atoms with Gasteiger partial charge in [0.15, 0.2) is 0 Å². The molecule has 0 aliphatic carbocycles. The minimum Gasteiger partial charge on any atom is -0.389 e. The molecule has 0 bridgehead atoms. The van der Waals surface area contributed by atoms with Crippen LogP contribution in [-0.2, 0) is 0 Å². The molecule has 1 N–H and O–H groups in total. The van der Waals surface area contributed by atoms with E-state index in [1.165, 1.54) is 11.1 Å². The molecular weight excluding hydrogens is 196 g/mol. The van der Waals surface area contributed by atoms with Crippen molar-refractivity contribution in [1.29, 1.82) is 0 Å². The largest absolute Gasteiger partial charge is 0.389 e. The van der Waals surface area contributed by atoms with Crippen molar-refractivity contribution in [3.05, 3.63) is 41.0 Å². The highest BCUT2D eigenvalue weighted by atomic mass is 16.3. The smallest absolute Gasteiger partial charge is 0.0748 e. The Hall–Kier alpha value is -1.08. The zero-order valence-electron chi connectivity index (χ0n) is 11.1. The molecule has 16 heavy (non-hydrogen) atoms. The molecule has 0 saturated carbocycles. The maximum atomic E-state index is 9.61. The molecule has 90 valence electrons. The molecule has 0 saturated heterocycles. The van der Waals surface area contributed by atoms with Gasteiger partial charge in [0.05, 0.1) is 6.10 Å². The molecule has 0 unspecified atom stereocenters. The third-order valence-electron chi connectivity index (χ3n) is 2.48. The van der Waals surface area contributed by atoms with Crippen LogP contribution in [0.1, 0.15) is 45.2 Å². The number of benzene rings is 1. The zero-order valence-corrected chi connectivity index (χ0v) is 11.1. The third kappa shape index (κ3) is 4.63. The summed E-state index contributed by atoms with van der Waals surface area (Å²) in [6.07, 6.45) is 2.52. The second kappa shape index (κ2) is 8.12. The monoisotopic (exact) mass is 220 g/mol. The zero-order chi connectivity index (χ0) is 12.6. The lowest BCUT2D eigenvalue weighted by Gasteiger charge is -2.08. The minimum absolute atomic E-state index is 0.311. The molecule has 1 aromatic rings. The van der Waals surface area contributed by atoms with Gasteiger partial charge in [-0.15, -0.1) is 0 Å². The number of aliphatic hydroxyl groups is 1. The van der Waals surface area contributed by atoms with Gasteiger partial charge in [-0.1, -0.05) is 51.1 Å². The van der Waals surface area contributed by atoms with Crippen molar-refractivity contribution in [2.45, 2.75) is 47.1 Å². The van der Waals surface area contributed by atoms with Crippen LogP contribution >= 0.6 is 0 Å². The molecule has 1 heteroatoms. The van der Waals surface area contributed by atoms with Gasteiger partial charge in [0.25, 0.3) is 0 Å². The molecule has 1 atom stereocenters. The van der Waals surface area contributed by atoms with Crippen LogP contribution in [0.15, 0.2) is 29.8 Å². The van der Waals surface area contributed by atoms with E-state index in [0.29, 0.717) is 0 Å². The van der Waals surface area contributed by atoms with Crippen molar-refractivity contribution < 1.29 is 5.11 Å². The molecule has 1 rings (SSSR count). The summed E-state index contributed by atoms with van der Waals surface area (Å²) in [5.74, 6) is 0. The predicted molar refractivity (Wildman–Crippen MR) is 72.5 cm³/mol. The second-order valence-electron chi connectivity index (χ2n) is 3.67. The molecule has 0 aliphatic rings. The lowest BCUT2D eigenvalue weighted by molar-refractivity contribution is 0.208. The Morgan fingerprint density at radius 3 is 2.38 bits per heavy atom. The Bertz CT molecular complexity index is 326. The van der Waals surface area contributed by atoms with Crippen LogP contribution in [0.3, 0.4) is 0 Å². The van der Waals surface area contributed by atoms with Crippen LogP contribution < -0.4 is 0 Å². The highest BCUT2D eigenvalue weighted by Gasteiger charge is 2.03. The Morgan fingerprint density at radius 1 is 1.31 bits per heavy atom. The maximum Gasteiger partial charge on any atom is 0.0748 e. The Kier molecular flexibility index (Phi) is 7.57. The Labute approximate surface area is 99.8 Å². The van der Waals surface area contributed by atoms with Crippen molar-refractivity contribution in [1.82, 2.24) is 0 Å². The van der Waals surface area contributed by atoms with E-state index in [2.05, 4.69) is 25.1 Å². The summed E-state index contributed by atoms with van der Waals surface area (Å²) in [4.78, 5) is 0. The van der Waals surface area contributed by atoms with Crippen LogP contribution in [0.4, 0.5) is 0 Å². The first-order valence-corrected chi connectivity index (χ1v) is 6.07. The van der Waals surface area contributed by atoms with Crippen LogP contribution in [0.25, 0.3) is 6.08 Å². The van der Waals surface area contributed by atoms with Gasteiger partial charge in [-0.3, -0.25) is 0 Å². The fourth-order valence-electron chi connectivity index (χ4n) is 1.41. The quantitative estimate of drug-likeness (QED) is 0.809. The summed E-state index contributed by atoms with van der Waals surface area (Å²) < 4.78 is 0. The molecule has 0 spiro atoms. The van der Waals surface area contributed by atoms with Crippen molar-refractivity contribution in [3.63, 3.8) is 0 Å². The SMILES string of the molecule is CC.CC[C@H](O)/C(C)=C/c1ccccc1C. The van der Waals surface area contributed by atoms with Gasteiger partial charge >= 0.3 is 0 Å². The normalized spacial score (nSPS) is 12.8. The fraction of sp³-hybridized carbons (Fsp3) is 0.467. The Balaban J connectivity index is 0.00000106. The van der Waals surface area contributed by atoms with E-state index in [1.54, 1.807) is 0 Å². The van der Waals surface area contributed by atoms with E-state index in [0.717, 1.165) is 12.0 Å². The number of hydrogen-bond acceptors (Lipinski definition) is 1. The lowest BCUT2D eigenvalue weighted by atomic mass is 10.0. The first kappa shape index (κ1) is 14.9. The van der Waals surface area contributed by atoms with E-state index in [-0.39, 0.29) is 6.10 Å². The summed E-state index contributed by atoms with van der Waals surface area (Å²) in [6, 6.07) is 8.20. The summed E-state index contributed by atoms with van der Waals surface area (Å²) in [5.41, 5.74) is 3.47. The molecule has 0 aromatic heterocycles. The second-order valence-corrected chi connectivity index (χ2v) is 3.67. The van der Waals surface area contributed by atoms with Gasteiger partial charge in [-0.05, 0) is 37.0 Å². The van der Waals surface area contributed by atoms with Gasteiger partial charge < -0.3 is 5.11 Å². The van der Waals surface area contributed by atoms with E-state index >= 15 is 0 Å². The van der Waals surface area contributed by atoms with Crippen LogP contribution in [0, 0.1) is 6.92 Å². The molecular formula is C15H24O. The Morgan fingerprint density at radius 2 is 1.88 bits per heavy atom. The standard InChI is InChI=1S/C13H18O.C2H6/c1-4-13(14)11(3)9-12-8-6-5-7-10(12)2;1-2/h5-9,13-14H,4H2,1-3H3;1-2H3/b11-9+;/t13-;/m0./s1. The van der Waals surface area contributed by atoms with Gasteiger partial charge in [0.1, 0.15) is 0 Å². The average Bonchev–Trinajstić information content (AvgIpc) is 2.33. The van der Waals surface area contributed by atoms with Gasteiger partial charge in [-0.2, -0.15) is 0 Å². The number of aryl methyl sites for hydroxylation is 1. The maximum absolute atomic E-state index is 9.61. The van der Waals surface area contributed by atoms with Gasteiger partial charge in [0.2, 0.25) is 0 Å². The van der Waals surface area contributed by atoms with Crippen molar-refractivity contribution in [2.24, 2.45) is 0 Å². The molecule has 0 radical (unpaired) electrons. The highest BCUT2D eigenvalue weighted by molar-refractivity contribution is 5.56. The molecule has 0 amide bonds. The predicted octanol–water partition coefficient (Wildman–Crippen LogP) is 4.20. The highest BCUT2D eigenvalue weighted by Crippen LogP contribution is 2.14. The first-order chi connectivity index (χ1) is 7.65. The van der Waals surface area contributed by atoms with Crippen LogP contribution in [0.2, 0.25) is 0 Å². The molecule has 0 heterocycles. The number of aliphatic hydroxyl groups excluding tert-OH is 1. The first-order valence-electron chi connectivity index (χ1n) is 6.07. The molecule has 0 aliphatic heterocycles. The third-order valence-corrected chi connectivity index (χ3v) is 2.48. The fourth-order valence-corrected chi connectivity index (χ4v) is 1.41. The topological polar surface area (TPSA) is 20.2 Å². The van der Waals surface area contributed by atoms with E-state index in [9.17, 15) is 5.11 Å². The number of rotatable bonds is 3. The van der Waals surface area contributed by atoms with Gasteiger partial charge in [-0.25, -0.2) is 0 Å². The number of hydrogen-bond donors (Lipinski definition) is 1. The van der Waals surface area contributed by atoms with Crippen molar-refractivity contribution >= 4 is 6.08 Å². The van der Waals surface area contributed by atoms with Crippen molar-refractivity contribution in [2.75, 3.05) is 0 Å². The van der Waals surface area contributed by atoms with Crippen LogP contribution in [-0.4, -0.2) is 11.2 Å². The van der Waals surface area contributed by atoms with E-state index in [4.69, 9.17) is 0 Å². The minimum atomic E-state index is -0.311. The summed E-state index contributed by atoms with van der Waals surface area (Å²) >= 11 is 0. The average molecular weight is 220 g/mol. The molecule has 1 nitrogen and oxygen atoms in total. The lowest BCUT2D eigenvalue weighted by Crippen LogP contribution is -2.05. The molecule has 1 aromatic carbocycles. The van der Waals surface area contributed by atoms with Crippen LogP contribution in [0.5, 0.6) is 0 Å². The van der Waals surface area contributed by atoms with Crippen molar-refractivity contribution in [3.8, 4) is 0 Å². The summed E-state index contributed by atoms with van der Waals surface area (Å²) in [7, 11) is 0. The molecule has 0 fully saturated rings. The van der Waals surface area contributed by atoms with E-state index in [1.807, 2.05) is 39.8 Å². The summed E-state index contributed by atoms with van der Waals surface area (Å²) in [6.45, 7) is 10.0. The van der Waals surface area contributed by atoms with Gasteiger partial charge in [0, 0.05) is 0 Å². The van der Waals surface area contributed by atoms with E-state index < -0.39 is 0 Å².